The summed E-state index contributed by atoms with van der Waals surface area (Å²) in [6.07, 6.45) is -0.0244. The Labute approximate surface area is 132 Å². The molecule has 0 aliphatic heterocycles. The van der Waals surface area contributed by atoms with Crippen LogP contribution in [0.4, 0.5) is 0 Å². The first-order chi connectivity index (χ1) is 10.6. The molecule has 0 unspecified atom stereocenters. The van der Waals surface area contributed by atoms with Crippen molar-refractivity contribution in [2.24, 2.45) is 0 Å². The van der Waals surface area contributed by atoms with Crippen molar-refractivity contribution in [1.29, 1.82) is 5.26 Å². The van der Waals surface area contributed by atoms with Crippen molar-refractivity contribution < 1.29 is 4.74 Å². The van der Waals surface area contributed by atoms with Crippen LogP contribution < -0.4 is 0 Å². The van der Waals surface area contributed by atoms with Crippen molar-refractivity contribution in [3.05, 3.63) is 89.7 Å². The Bertz CT molecular complexity index is 665. The molecule has 22 heavy (non-hydrogen) atoms. The molecule has 110 valence electrons. The number of allylic oxidation sites excluding steroid dienone is 1. The summed E-state index contributed by atoms with van der Waals surface area (Å²) in [4.78, 5) is 0. The van der Waals surface area contributed by atoms with Gasteiger partial charge in [0.15, 0.2) is 0 Å². The molecular formula is C20H19NO. The highest BCUT2D eigenvalue weighted by Gasteiger charge is 2.16. The SMILES string of the molecule is C=C(OC(C)C)C(C#N)=C(c1ccccc1)c1ccccc1. The lowest BCUT2D eigenvalue weighted by molar-refractivity contribution is 0.157. The fourth-order valence-electron chi connectivity index (χ4n) is 2.27. The first-order valence-corrected chi connectivity index (χ1v) is 7.24. The third-order valence-electron chi connectivity index (χ3n) is 3.14. The maximum absolute atomic E-state index is 9.65. The second-order valence-electron chi connectivity index (χ2n) is 5.18. The molecule has 2 heteroatoms. The molecule has 0 aliphatic carbocycles. The molecule has 2 aromatic carbocycles. The van der Waals surface area contributed by atoms with E-state index < -0.39 is 0 Å². The first-order valence-electron chi connectivity index (χ1n) is 7.24. The van der Waals surface area contributed by atoms with Crippen LogP contribution in [0.1, 0.15) is 25.0 Å². The Kier molecular flexibility index (Phi) is 5.16. The van der Waals surface area contributed by atoms with Gasteiger partial charge in [-0.3, -0.25) is 0 Å². The Balaban J connectivity index is 2.64. The molecule has 0 N–H and O–H groups in total. The van der Waals surface area contributed by atoms with Crippen LogP contribution in [0.2, 0.25) is 0 Å². The Hall–Kier alpha value is -2.79. The van der Waals surface area contributed by atoms with Crippen molar-refractivity contribution in [3.63, 3.8) is 0 Å². The van der Waals surface area contributed by atoms with E-state index in [1.807, 2.05) is 74.5 Å². The maximum atomic E-state index is 9.65. The van der Waals surface area contributed by atoms with E-state index in [0.717, 1.165) is 16.7 Å². The molecule has 0 radical (unpaired) electrons. The molecule has 2 rings (SSSR count). The zero-order valence-electron chi connectivity index (χ0n) is 12.9. The lowest BCUT2D eigenvalue weighted by Gasteiger charge is -2.16. The molecule has 2 nitrogen and oxygen atoms in total. The van der Waals surface area contributed by atoms with E-state index in [1.165, 1.54) is 0 Å². The van der Waals surface area contributed by atoms with Gasteiger partial charge in [0, 0.05) is 5.57 Å². The fourth-order valence-corrected chi connectivity index (χ4v) is 2.27. The zero-order valence-corrected chi connectivity index (χ0v) is 12.9. The molecule has 0 heterocycles. The molecule has 0 aliphatic rings. The predicted octanol–water partition coefficient (Wildman–Crippen LogP) is 4.95. The van der Waals surface area contributed by atoms with Gasteiger partial charge in [-0.15, -0.1) is 0 Å². The number of nitriles is 1. The summed E-state index contributed by atoms with van der Waals surface area (Å²) in [5.41, 5.74) is 3.25. The minimum Gasteiger partial charge on any atom is -0.490 e. The fraction of sp³-hybridized carbons (Fsp3) is 0.150. The number of hydrogen-bond acceptors (Lipinski definition) is 2. The van der Waals surface area contributed by atoms with Crippen molar-refractivity contribution in [3.8, 4) is 6.07 Å². The van der Waals surface area contributed by atoms with Gasteiger partial charge in [0.05, 0.1) is 6.10 Å². The average Bonchev–Trinajstić information content (AvgIpc) is 2.53. The molecule has 0 fully saturated rings. The normalized spacial score (nSPS) is 9.91. The predicted molar refractivity (Wildman–Crippen MR) is 89.9 cm³/mol. The number of nitrogens with zero attached hydrogens (tertiary/aromatic N) is 1. The van der Waals surface area contributed by atoms with Crippen molar-refractivity contribution >= 4 is 5.57 Å². The largest absolute Gasteiger partial charge is 0.490 e. The van der Waals surface area contributed by atoms with Gasteiger partial charge in [-0.25, -0.2) is 0 Å². The molecule has 0 bridgehead atoms. The molecule has 0 saturated carbocycles. The average molecular weight is 289 g/mol. The summed E-state index contributed by atoms with van der Waals surface area (Å²) in [5.74, 6) is 0.403. The van der Waals surface area contributed by atoms with Crippen molar-refractivity contribution in [1.82, 2.24) is 0 Å². The van der Waals surface area contributed by atoms with Crippen LogP contribution in [0.25, 0.3) is 5.57 Å². The maximum Gasteiger partial charge on any atom is 0.130 e. The van der Waals surface area contributed by atoms with E-state index in [9.17, 15) is 5.26 Å². The smallest absolute Gasteiger partial charge is 0.130 e. The summed E-state index contributed by atoms with van der Waals surface area (Å²) in [7, 11) is 0. The molecule has 0 atom stereocenters. The summed E-state index contributed by atoms with van der Waals surface area (Å²) in [5, 5.41) is 9.65. The highest BCUT2D eigenvalue weighted by molar-refractivity contribution is 5.86. The summed E-state index contributed by atoms with van der Waals surface area (Å²) in [6, 6.07) is 22.0. The summed E-state index contributed by atoms with van der Waals surface area (Å²) < 4.78 is 5.65. The number of ether oxygens (including phenoxy) is 1. The second kappa shape index (κ2) is 7.28. The van der Waals surface area contributed by atoms with Crippen LogP contribution >= 0.6 is 0 Å². The molecule has 0 aromatic heterocycles. The van der Waals surface area contributed by atoms with Crippen LogP contribution in [0.15, 0.2) is 78.6 Å². The van der Waals surface area contributed by atoms with Crippen LogP contribution in [0.3, 0.4) is 0 Å². The minimum atomic E-state index is -0.0244. The summed E-state index contributed by atoms with van der Waals surface area (Å²) >= 11 is 0. The van der Waals surface area contributed by atoms with Crippen molar-refractivity contribution in [2.75, 3.05) is 0 Å². The van der Waals surface area contributed by atoms with E-state index in [4.69, 9.17) is 4.74 Å². The lowest BCUT2D eigenvalue weighted by Crippen LogP contribution is -2.05. The number of benzene rings is 2. The minimum absolute atomic E-state index is 0.0244. The zero-order chi connectivity index (χ0) is 15.9. The Morgan fingerprint density at radius 1 is 0.955 bits per heavy atom. The van der Waals surface area contributed by atoms with Gasteiger partial charge in [-0.2, -0.15) is 5.26 Å². The van der Waals surface area contributed by atoms with E-state index in [0.29, 0.717) is 11.3 Å². The third-order valence-corrected chi connectivity index (χ3v) is 3.14. The van der Waals surface area contributed by atoms with E-state index in [2.05, 4.69) is 12.6 Å². The molecule has 2 aromatic rings. The monoisotopic (exact) mass is 289 g/mol. The van der Waals surface area contributed by atoms with E-state index in [1.54, 1.807) is 0 Å². The highest BCUT2D eigenvalue weighted by Crippen LogP contribution is 2.30. The quantitative estimate of drug-likeness (QED) is 0.443. The van der Waals surface area contributed by atoms with Crippen molar-refractivity contribution in [2.45, 2.75) is 20.0 Å². The second-order valence-corrected chi connectivity index (χ2v) is 5.18. The molecule has 0 spiro atoms. The Morgan fingerprint density at radius 3 is 1.77 bits per heavy atom. The van der Waals surface area contributed by atoms with Gasteiger partial charge < -0.3 is 4.74 Å². The number of rotatable bonds is 5. The first kappa shape index (κ1) is 15.6. The molecular weight excluding hydrogens is 270 g/mol. The Morgan fingerprint density at radius 2 is 1.41 bits per heavy atom. The van der Waals surface area contributed by atoms with Crippen LogP contribution in [0.5, 0.6) is 0 Å². The van der Waals surface area contributed by atoms with E-state index in [-0.39, 0.29) is 6.10 Å². The van der Waals surface area contributed by atoms with Gasteiger partial charge in [0.25, 0.3) is 0 Å². The van der Waals surface area contributed by atoms with Crippen LogP contribution in [0, 0.1) is 11.3 Å². The molecule has 0 amide bonds. The van der Waals surface area contributed by atoms with Crippen LogP contribution in [-0.2, 0) is 4.74 Å². The van der Waals surface area contributed by atoms with Gasteiger partial charge in [0.1, 0.15) is 17.4 Å². The topological polar surface area (TPSA) is 33.0 Å². The third kappa shape index (κ3) is 3.65. The highest BCUT2D eigenvalue weighted by atomic mass is 16.5. The van der Waals surface area contributed by atoms with Gasteiger partial charge in [-0.05, 0) is 25.0 Å². The standard InChI is InChI=1S/C20H19NO/c1-15(2)22-16(3)19(14-21)20(17-10-6-4-7-11-17)18-12-8-5-9-13-18/h4-13,15H,3H2,1-2H3. The van der Waals surface area contributed by atoms with Crippen LogP contribution in [-0.4, -0.2) is 6.10 Å². The van der Waals surface area contributed by atoms with Gasteiger partial charge in [0.2, 0.25) is 0 Å². The summed E-state index contributed by atoms with van der Waals surface area (Å²) in [6.45, 7) is 7.78. The lowest BCUT2D eigenvalue weighted by atomic mass is 9.93. The number of hydrogen-bond donors (Lipinski definition) is 0. The van der Waals surface area contributed by atoms with Gasteiger partial charge >= 0.3 is 0 Å². The van der Waals surface area contributed by atoms with E-state index >= 15 is 0 Å². The van der Waals surface area contributed by atoms with Gasteiger partial charge in [-0.1, -0.05) is 67.2 Å². The molecule has 0 saturated heterocycles.